The third-order valence-electron chi connectivity index (χ3n) is 6.43. The van der Waals surface area contributed by atoms with Crippen LogP contribution < -0.4 is 10.1 Å². The zero-order valence-electron chi connectivity index (χ0n) is 22.1. The van der Waals surface area contributed by atoms with E-state index in [0.29, 0.717) is 30.0 Å². The minimum atomic E-state index is -0.590. The van der Waals surface area contributed by atoms with Crippen molar-refractivity contribution in [2.24, 2.45) is 7.05 Å². The van der Waals surface area contributed by atoms with Crippen LogP contribution in [0.1, 0.15) is 16.8 Å². The molecule has 40 heavy (non-hydrogen) atoms. The number of carbonyl (C=O) groups is 1. The second-order valence-electron chi connectivity index (χ2n) is 9.29. The first-order chi connectivity index (χ1) is 19.4. The quantitative estimate of drug-likeness (QED) is 0.192. The summed E-state index contributed by atoms with van der Waals surface area (Å²) in [5, 5.41) is 3.32. The van der Waals surface area contributed by atoms with Crippen molar-refractivity contribution >= 4 is 27.3 Å². The van der Waals surface area contributed by atoms with Gasteiger partial charge in [-0.3, -0.25) is 9.78 Å². The summed E-state index contributed by atoms with van der Waals surface area (Å²) in [6.45, 7) is 2.03. The topological polar surface area (TPSA) is 78.3 Å². The van der Waals surface area contributed by atoms with Gasteiger partial charge in [0.2, 0.25) is 0 Å². The van der Waals surface area contributed by atoms with E-state index in [1.54, 1.807) is 43.6 Å². The molecule has 1 N–H and O–H groups in total. The van der Waals surface area contributed by atoms with Crippen molar-refractivity contribution in [3.05, 3.63) is 95.4 Å². The number of ether oxygens (including phenoxy) is 2. The molecular weight excluding hydrogens is 534 g/mol. The van der Waals surface area contributed by atoms with Crippen LogP contribution in [-0.4, -0.2) is 40.6 Å². The van der Waals surface area contributed by atoms with Crippen molar-refractivity contribution in [1.29, 1.82) is 0 Å². The third kappa shape index (κ3) is 6.25. The highest BCUT2D eigenvalue weighted by atomic mass is 32.1. The Hall–Kier alpha value is -3.99. The molecule has 0 atom stereocenters. The van der Waals surface area contributed by atoms with E-state index in [2.05, 4.69) is 15.3 Å². The highest BCUT2D eigenvalue weighted by Gasteiger charge is 2.17. The van der Waals surface area contributed by atoms with E-state index in [4.69, 9.17) is 9.47 Å². The van der Waals surface area contributed by atoms with Crippen LogP contribution in [0, 0.1) is 11.6 Å². The molecule has 3 heterocycles. The van der Waals surface area contributed by atoms with Crippen molar-refractivity contribution in [1.82, 2.24) is 19.9 Å². The molecule has 5 rings (SSSR count). The number of nitrogens with one attached hydrogen (secondary N) is 1. The first kappa shape index (κ1) is 27.6. The fraction of sp³-hybridized carbons (Fsp3) is 0.233. The van der Waals surface area contributed by atoms with Crippen molar-refractivity contribution < 1.29 is 23.0 Å². The van der Waals surface area contributed by atoms with E-state index < -0.39 is 11.6 Å². The number of pyridine rings is 1. The van der Waals surface area contributed by atoms with Gasteiger partial charge in [-0.05, 0) is 35.4 Å². The summed E-state index contributed by atoms with van der Waals surface area (Å²) in [5.74, 6) is 0.0851. The van der Waals surface area contributed by atoms with Gasteiger partial charge in [0.1, 0.15) is 23.2 Å². The van der Waals surface area contributed by atoms with Crippen LogP contribution in [0.2, 0.25) is 0 Å². The van der Waals surface area contributed by atoms with Gasteiger partial charge in [0.25, 0.3) is 0 Å². The molecule has 0 fully saturated rings. The van der Waals surface area contributed by atoms with Crippen molar-refractivity contribution in [2.45, 2.75) is 19.4 Å². The molecule has 0 saturated heterocycles. The average Bonchev–Trinajstić information content (AvgIpc) is 3.53. The number of thiophene rings is 1. The lowest BCUT2D eigenvalue weighted by atomic mass is 10.0. The Morgan fingerprint density at radius 1 is 1.02 bits per heavy atom. The lowest BCUT2D eigenvalue weighted by Crippen LogP contribution is -2.20. The molecule has 0 aliphatic rings. The van der Waals surface area contributed by atoms with E-state index in [9.17, 15) is 9.18 Å². The SMILES string of the molecule is COCCNCc1cnc(-c2cc3nccc(Oc4ccc(CC(=O)Cc5ccccc5F)cc4F)c3s2)n1C. The molecule has 0 saturated carbocycles. The van der Waals surface area contributed by atoms with Crippen molar-refractivity contribution in [3.8, 4) is 22.2 Å². The van der Waals surface area contributed by atoms with Gasteiger partial charge in [0.05, 0.1) is 33.6 Å². The molecule has 0 spiro atoms. The fourth-order valence-corrected chi connectivity index (χ4v) is 5.43. The molecule has 2 aromatic carbocycles. The molecule has 5 aromatic rings. The number of methoxy groups -OCH3 is 1. The number of Topliss-reactive ketones (excluding diaryl/α,β-unsaturated/α-hetero) is 1. The van der Waals surface area contributed by atoms with E-state index in [0.717, 1.165) is 33.2 Å². The van der Waals surface area contributed by atoms with Gasteiger partial charge in [-0.1, -0.05) is 24.3 Å². The first-order valence-corrected chi connectivity index (χ1v) is 13.5. The summed E-state index contributed by atoms with van der Waals surface area (Å²) in [5.41, 5.74) is 2.57. The van der Waals surface area contributed by atoms with Crippen LogP contribution in [0.25, 0.3) is 20.9 Å². The number of hydrogen-bond acceptors (Lipinski definition) is 7. The monoisotopic (exact) mass is 562 g/mol. The number of ketones is 1. The highest BCUT2D eigenvalue weighted by Crippen LogP contribution is 2.39. The Kier molecular flexibility index (Phi) is 8.59. The molecule has 0 amide bonds. The minimum Gasteiger partial charge on any atom is -0.453 e. The summed E-state index contributed by atoms with van der Waals surface area (Å²) in [4.78, 5) is 22.4. The maximum atomic E-state index is 15.0. The van der Waals surface area contributed by atoms with E-state index in [1.165, 1.54) is 29.5 Å². The number of fused-ring (bicyclic) bond motifs is 1. The van der Waals surface area contributed by atoms with Gasteiger partial charge in [-0.25, -0.2) is 13.8 Å². The summed E-state index contributed by atoms with van der Waals surface area (Å²) in [7, 11) is 3.63. The second-order valence-corrected chi connectivity index (χ2v) is 10.3. The molecule has 7 nitrogen and oxygen atoms in total. The van der Waals surface area contributed by atoms with Crippen LogP contribution in [0.15, 0.2) is 67.0 Å². The number of nitrogens with zero attached hydrogens (tertiary/aromatic N) is 3. The molecule has 10 heteroatoms. The Morgan fingerprint density at radius 3 is 2.67 bits per heavy atom. The average molecular weight is 563 g/mol. The lowest BCUT2D eigenvalue weighted by Gasteiger charge is -2.09. The molecule has 206 valence electrons. The fourth-order valence-electron chi connectivity index (χ4n) is 4.33. The molecular formula is C30H28F2N4O3S. The predicted molar refractivity (Wildman–Crippen MR) is 151 cm³/mol. The Morgan fingerprint density at radius 2 is 1.88 bits per heavy atom. The molecule has 0 radical (unpaired) electrons. The summed E-state index contributed by atoms with van der Waals surface area (Å²) in [6, 6.07) is 14.2. The van der Waals surface area contributed by atoms with Gasteiger partial charge in [-0.15, -0.1) is 11.3 Å². The first-order valence-electron chi connectivity index (χ1n) is 12.7. The smallest absolute Gasteiger partial charge is 0.166 e. The summed E-state index contributed by atoms with van der Waals surface area (Å²) >= 11 is 1.47. The van der Waals surface area contributed by atoms with Gasteiger partial charge in [0, 0.05) is 52.4 Å². The number of benzene rings is 2. The van der Waals surface area contributed by atoms with E-state index >= 15 is 4.39 Å². The molecule has 3 aromatic heterocycles. The van der Waals surface area contributed by atoms with Crippen molar-refractivity contribution in [2.75, 3.05) is 20.3 Å². The molecule has 0 aliphatic carbocycles. The van der Waals surface area contributed by atoms with Gasteiger partial charge in [-0.2, -0.15) is 0 Å². The Labute approximate surface area is 234 Å². The summed E-state index contributed by atoms with van der Waals surface area (Å²) in [6.07, 6.45) is 3.39. The standard InChI is InChI=1S/C30H28F2N4O3S/c1-36-21(17-33-11-12-38-2)18-35-30(36)28-16-25-29(40-28)27(9-10-34-25)39-26-8-7-19(14-24(26)32)13-22(37)15-20-5-3-4-6-23(20)31/h3-10,14,16,18,33H,11-13,15,17H2,1-2H3. The van der Waals surface area contributed by atoms with E-state index in [1.807, 2.05) is 23.9 Å². The van der Waals surface area contributed by atoms with Gasteiger partial charge >= 0.3 is 0 Å². The highest BCUT2D eigenvalue weighted by molar-refractivity contribution is 7.22. The van der Waals surface area contributed by atoms with Crippen LogP contribution in [-0.2, 0) is 36.0 Å². The minimum absolute atomic E-state index is 0.00707. The van der Waals surface area contributed by atoms with Crippen LogP contribution in [0.4, 0.5) is 8.78 Å². The summed E-state index contributed by atoms with van der Waals surface area (Å²) < 4.78 is 42.7. The van der Waals surface area contributed by atoms with E-state index in [-0.39, 0.29) is 24.4 Å². The number of aromatic nitrogens is 3. The van der Waals surface area contributed by atoms with Gasteiger partial charge in [0.15, 0.2) is 11.6 Å². The number of hydrogen-bond donors (Lipinski definition) is 1. The Bertz CT molecular complexity index is 1650. The molecule has 0 bridgehead atoms. The van der Waals surface area contributed by atoms with Gasteiger partial charge < -0.3 is 19.4 Å². The number of rotatable bonds is 12. The predicted octanol–water partition coefficient (Wildman–Crippen LogP) is 5.86. The lowest BCUT2D eigenvalue weighted by molar-refractivity contribution is -0.117. The number of imidazole rings is 1. The third-order valence-corrected chi connectivity index (χ3v) is 7.57. The zero-order valence-corrected chi connectivity index (χ0v) is 22.9. The maximum Gasteiger partial charge on any atom is 0.166 e. The second kappa shape index (κ2) is 12.5. The number of halogens is 2. The largest absolute Gasteiger partial charge is 0.453 e. The van der Waals surface area contributed by atoms with Crippen molar-refractivity contribution in [3.63, 3.8) is 0 Å². The maximum absolute atomic E-state index is 15.0. The molecule has 0 unspecified atom stereocenters. The van der Waals surface area contributed by atoms with Crippen LogP contribution >= 0.6 is 11.3 Å². The Balaban J connectivity index is 1.30. The zero-order chi connectivity index (χ0) is 28.1. The molecule has 0 aliphatic heterocycles. The van der Waals surface area contributed by atoms with Crippen LogP contribution in [0.5, 0.6) is 11.5 Å². The number of carbonyl (C=O) groups excluding carboxylic acids is 1. The normalized spacial score (nSPS) is 11.3. The van der Waals surface area contributed by atoms with Crippen LogP contribution in [0.3, 0.4) is 0 Å².